The maximum atomic E-state index is 12.8. The van der Waals surface area contributed by atoms with E-state index in [9.17, 15) is 19.2 Å². The number of ether oxygens (including phenoxy) is 1. The van der Waals surface area contributed by atoms with Gasteiger partial charge in [-0.25, -0.2) is 0 Å². The van der Waals surface area contributed by atoms with Crippen molar-refractivity contribution >= 4 is 29.3 Å². The van der Waals surface area contributed by atoms with E-state index >= 15 is 0 Å². The minimum Gasteiger partial charge on any atom is -0.469 e. The van der Waals surface area contributed by atoms with Crippen LogP contribution in [0.3, 0.4) is 0 Å². The first-order valence-corrected chi connectivity index (χ1v) is 7.92. The van der Waals surface area contributed by atoms with E-state index in [0.717, 1.165) is 0 Å². The second-order valence-electron chi connectivity index (χ2n) is 6.11. The first kappa shape index (κ1) is 18.4. The highest BCUT2D eigenvalue weighted by molar-refractivity contribution is 6.14. The number of primary amides is 2. The summed E-state index contributed by atoms with van der Waals surface area (Å²) in [5.41, 5.74) is 16.0. The van der Waals surface area contributed by atoms with Crippen LogP contribution in [0.5, 0.6) is 0 Å². The molecule has 0 aromatic heterocycles. The number of Topliss-reactive ketones (excluding diaryl/α,β-unsaturated/α-hetero) is 1. The number of amides is 2. The van der Waals surface area contributed by atoms with Gasteiger partial charge in [0.15, 0.2) is 5.78 Å². The number of ketones is 1. The largest absolute Gasteiger partial charge is 0.469 e. The first-order chi connectivity index (χ1) is 11.8. The third-order valence-electron chi connectivity index (χ3n) is 4.66. The van der Waals surface area contributed by atoms with Crippen LogP contribution in [0.1, 0.15) is 56.8 Å². The van der Waals surface area contributed by atoms with Crippen LogP contribution in [0.4, 0.5) is 5.69 Å². The van der Waals surface area contributed by atoms with E-state index in [1.54, 1.807) is 0 Å². The summed E-state index contributed by atoms with van der Waals surface area (Å²) < 4.78 is 4.73. The molecule has 25 heavy (non-hydrogen) atoms. The molecule has 0 aliphatic heterocycles. The maximum absolute atomic E-state index is 12.8. The van der Waals surface area contributed by atoms with Crippen molar-refractivity contribution in [3.8, 4) is 0 Å². The van der Waals surface area contributed by atoms with Crippen molar-refractivity contribution in [3.63, 3.8) is 0 Å². The second-order valence-corrected chi connectivity index (χ2v) is 6.11. The molecule has 8 nitrogen and oxygen atoms in total. The SMILES string of the molecule is COC(=O)C1CCC(C(=O)c2ccc(C(N)=O)c(N)c2C(N)=O)CC1. The van der Waals surface area contributed by atoms with Gasteiger partial charge in [-0.1, -0.05) is 0 Å². The zero-order chi connectivity index (χ0) is 18.7. The highest BCUT2D eigenvalue weighted by Gasteiger charge is 2.33. The number of esters is 1. The Balaban J connectivity index is 2.28. The standard InChI is InChI=1S/C17H21N3O5/c1-25-17(24)9-4-2-8(3-5-9)14(21)10-6-7-11(15(19)22)13(18)12(10)16(20)23/h6-9H,2-5,18H2,1H3,(H2,19,22)(H2,20,23). The van der Waals surface area contributed by atoms with E-state index in [1.165, 1.54) is 19.2 Å². The van der Waals surface area contributed by atoms with E-state index in [2.05, 4.69) is 0 Å². The fraction of sp³-hybridized carbons (Fsp3) is 0.412. The van der Waals surface area contributed by atoms with Gasteiger partial charge in [-0.3, -0.25) is 19.2 Å². The van der Waals surface area contributed by atoms with Crippen LogP contribution in [-0.2, 0) is 9.53 Å². The number of carbonyl (C=O) groups excluding carboxylic acids is 4. The molecule has 0 spiro atoms. The Morgan fingerprint density at radius 2 is 1.44 bits per heavy atom. The first-order valence-electron chi connectivity index (χ1n) is 7.92. The van der Waals surface area contributed by atoms with Crippen LogP contribution in [-0.4, -0.2) is 30.7 Å². The van der Waals surface area contributed by atoms with Gasteiger partial charge < -0.3 is 21.9 Å². The van der Waals surface area contributed by atoms with Crippen LogP contribution >= 0.6 is 0 Å². The van der Waals surface area contributed by atoms with Gasteiger partial charge in [0.1, 0.15) is 0 Å². The zero-order valence-corrected chi connectivity index (χ0v) is 13.9. The fourth-order valence-electron chi connectivity index (χ4n) is 3.28. The van der Waals surface area contributed by atoms with Gasteiger partial charge in [0.2, 0.25) is 0 Å². The topological polar surface area (TPSA) is 156 Å². The summed E-state index contributed by atoms with van der Waals surface area (Å²) in [4.78, 5) is 47.5. The van der Waals surface area contributed by atoms with E-state index in [0.29, 0.717) is 25.7 Å². The molecule has 134 valence electrons. The predicted octanol–water partition coefficient (Wildman–Crippen LogP) is 0.629. The Bertz CT molecular complexity index is 736. The molecule has 2 amide bonds. The molecule has 6 N–H and O–H groups in total. The quantitative estimate of drug-likeness (QED) is 0.403. The summed E-state index contributed by atoms with van der Waals surface area (Å²) in [6.07, 6.45) is 2.05. The van der Waals surface area contributed by atoms with Crippen molar-refractivity contribution in [2.75, 3.05) is 12.8 Å². The lowest BCUT2D eigenvalue weighted by Crippen LogP contribution is -2.29. The monoisotopic (exact) mass is 347 g/mol. The van der Waals surface area contributed by atoms with Crippen molar-refractivity contribution < 1.29 is 23.9 Å². The highest BCUT2D eigenvalue weighted by atomic mass is 16.5. The lowest BCUT2D eigenvalue weighted by atomic mass is 9.77. The highest BCUT2D eigenvalue weighted by Crippen LogP contribution is 2.33. The molecule has 1 aromatic carbocycles. The molecule has 1 fully saturated rings. The fourth-order valence-corrected chi connectivity index (χ4v) is 3.28. The average molecular weight is 347 g/mol. The van der Waals surface area contributed by atoms with Gasteiger partial charge in [0.05, 0.1) is 29.8 Å². The Labute approximate surface area is 144 Å². The number of methoxy groups -OCH3 is 1. The molecule has 0 radical (unpaired) electrons. The van der Waals surface area contributed by atoms with Crippen molar-refractivity contribution in [1.82, 2.24) is 0 Å². The van der Waals surface area contributed by atoms with Crippen molar-refractivity contribution in [3.05, 3.63) is 28.8 Å². The minimum atomic E-state index is -0.896. The number of rotatable bonds is 5. The molecule has 2 rings (SSSR count). The Kier molecular flexibility index (Phi) is 5.41. The summed E-state index contributed by atoms with van der Waals surface area (Å²) in [6, 6.07) is 2.67. The number of hydrogen-bond acceptors (Lipinski definition) is 6. The number of nitrogens with two attached hydrogens (primary N) is 3. The summed E-state index contributed by atoms with van der Waals surface area (Å²) >= 11 is 0. The van der Waals surface area contributed by atoms with Crippen molar-refractivity contribution in [2.24, 2.45) is 23.3 Å². The van der Waals surface area contributed by atoms with Gasteiger partial charge in [-0.2, -0.15) is 0 Å². The zero-order valence-electron chi connectivity index (χ0n) is 13.9. The number of anilines is 1. The van der Waals surface area contributed by atoms with E-state index < -0.39 is 11.8 Å². The molecule has 0 bridgehead atoms. The minimum absolute atomic E-state index is 0.0558. The van der Waals surface area contributed by atoms with E-state index in [1.807, 2.05) is 0 Å². The lowest BCUT2D eigenvalue weighted by molar-refractivity contribution is -0.146. The van der Waals surface area contributed by atoms with E-state index in [4.69, 9.17) is 21.9 Å². The Hall–Kier alpha value is -2.90. The van der Waals surface area contributed by atoms with Gasteiger partial charge >= 0.3 is 5.97 Å². The predicted molar refractivity (Wildman–Crippen MR) is 89.7 cm³/mol. The van der Waals surface area contributed by atoms with Gasteiger partial charge in [-0.05, 0) is 37.8 Å². The van der Waals surface area contributed by atoms with Crippen molar-refractivity contribution in [2.45, 2.75) is 25.7 Å². The summed E-state index contributed by atoms with van der Waals surface area (Å²) in [6.45, 7) is 0. The normalized spacial score (nSPS) is 19.9. The third-order valence-corrected chi connectivity index (χ3v) is 4.66. The molecule has 0 saturated heterocycles. The van der Waals surface area contributed by atoms with Gasteiger partial charge in [-0.15, -0.1) is 0 Å². The van der Waals surface area contributed by atoms with Crippen molar-refractivity contribution in [1.29, 1.82) is 0 Å². The third kappa shape index (κ3) is 3.62. The van der Waals surface area contributed by atoms with Gasteiger partial charge in [0.25, 0.3) is 11.8 Å². The van der Waals surface area contributed by atoms with Gasteiger partial charge in [0, 0.05) is 11.5 Å². The second kappa shape index (κ2) is 7.33. The summed E-state index contributed by atoms with van der Waals surface area (Å²) in [5, 5.41) is 0. The summed E-state index contributed by atoms with van der Waals surface area (Å²) in [7, 11) is 1.34. The molecular weight excluding hydrogens is 326 g/mol. The molecule has 8 heteroatoms. The molecule has 1 aromatic rings. The average Bonchev–Trinajstić information content (AvgIpc) is 2.59. The van der Waals surface area contributed by atoms with Crippen LogP contribution in [0.15, 0.2) is 12.1 Å². The Morgan fingerprint density at radius 3 is 1.92 bits per heavy atom. The number of carbonyl (C=O) groups is 4. The molecule has 1 saturated carbocycles. The smallest absolute Gasteiger partial charge is 0.308 e. The summed E-state index contributed by atoms with van der Waals surface area (Å²) in [5.74, 6) is -2.83. The molecule has 0 atom stereocenters. The molecular formula is C17H21N3O5. The van der Waals surface area contributed by atoms with Crippen LogP contribution < -0.4 is 17.2 Å². The van der Waals surface area contributed by atoms with Crippen LogP contribution in [0.25, 0.3) is 0 Å². The molecule has 0 heterocycles. The number of nitrogen functional groups attached to an aromatic ring is 1. The van der Waals surface area contributed by atoms with E-state index in [-0.39, 0.29) is 46.0 Å². The Morgan fingerprint density at radius 1 is 0.920 bits per heavy atom. The maximum Gasteiger partial charge on any atom is 0.308 e. The van der Waals surface area contributed by atoms with Crippen LogP contribution in [0, 0.1) is 11.8 Å². The molecule has 0 unspecified atom stereocenters. The lowest BCUT2D eigenvalue weighted by Gasteiger charge is -2.26. The number of benzene rings is 1. The molecule has 1 aliphatic rings. The molecule has 1 aliphatic carbocycles. The number of hydrogen-bond donors (Lipinski definition) is 3. The van der Waals surface area contributed by atoms with Crippen LogP contribution in [0.2, 0.25) is 0 Å².